The van der Waals surface area contributed by atoms with Crippen molar-refractivity contribution in [1.82, 2.24) is 4.57 Å². The fourth-order valence-electron chi connectivity index (χ4n) is 4.29. The zero-order chi connectivity index (χ0) is 20.4. The van der Waals surface area contributed by atoms with Crippen LogP contribution in [0.3, 0.4) is 0 Å². The fourth-order valence-corrected chi connectivity index (χ4v) is 4.29. The second-order valence-corrected chi connectivity index (χ2v) is 7.26. The van der Waals surface area contributed by atoms with Crippen molar-refractivity contribution in [3.63, 3.8) is 0 Å². The van der Waals surface area contributed by atoms with Crippen molar-refractivity contribution in [3.8, 4) is 0 Å². The average molecular weight is 383 g/mol. The Morgan fingerprint density at radius 3 is 2.36 bits per heavy atom. The number of esters is 1. The lowest BCUT2D eigenvalue weighted by Gasteiger charge is -2.27. The van der Waals surface area contributed by atoms with Crippen LogP contribution in [0.2, 0.25) is 0 Å². The van der Waals surface area contributed by atoms with Gasteiger partial charge in [0.05, 0.1) is 23.9 Å². The minimum Gasteiger partial charge on any atom is -0.465 e. The maximum atomic E-state index is 15.5. The van der Waals surface area contributed by atoms with Gasteiger partial charge >= 0.3 is 12.1 Å². The van der Waals surface area contributed by atoms with E-state index in [1.54, 1.807) is 50.3 Å². The molecule has 2 aliphatic heterocycles. The highest BCUT2D eigenvalue weighted by atomic mass is 19.3. The first-order valence-corrected chi connectivity index (χ1v) is 9.01. The molecule has 0 radical (unpaired) electrons. The molecule has 3 heterocycles. The molecule has 0 fully saturated rings. The van der Waals surface area contributed by atoms with E-state index in [1.807, 2.05) is 13.8 Å². The van der Waals surface area contributed by atoms with Crippen molar-refractivity contribution in [3.05, 3.63) is 75.8 Å². The highest BCUT2D eigenvalue weighted by Gasteiger charge is 2.57. The van der Waals surface area contributed by atoms with Crippen LogP contribution in [0.5, 0.6) is 0 Å². The summed E-state index contributed by atoms with van der Waals surface area (Å²) in [5.74, 6) is -0.433. The molecule has 0 atom stereocenters. The highest BCUT2D eigenvalue weighted by molar-refractivity contribution is 5.96. The topological polar surface area (TPSA) is 34.2 Å². The van der Waals surface area contributed by atoms with Gasteiger partial charge in [-0.3, -0.25) is 0 Å². The van der Waals surface area contributed by atoms with E-state index in [1.165, 1.54) is 7.11 Å². The molecule has 0 amide bonds. The Hall–Kier alpha value is -3.02. The van der Waals surface area contributed by atoms with Crippen LogP contribution >= 0.6 is 0 Å². The van der Waals surface area contributed by atoms with Gasteiger partial charge in [0.2, 0.25) is 5.70 Å². The zero-order valence-electron chi connectivity index (χ0n) is 16.4. The lowest BCUT2D eigenvalue weighted by atomic mass is 9.93. The van der Waals surface area contributed by atoms with E-state index in [0.29, 0.717) is 28.4 Å². The van der Waals surface area contributed by atoms with Crippen molar-refractivity contribution < 1.29 is 22.9 Å². The number of fused-ring (bicyclic) bond motifs is 2. The van der Waals surface area contributed by atoms with Crippen LogP contribution < -0.4 is 0 Å². The number of benzene rings is 1. The van der Waals surface area contributed by atoms with Crippen LogP contribution in [0.1, 0.15) is 46.7 Å². The van der Waals surface area contributed by atoms with Gasteiger partial charge in [-0.15, -0.1) is 13.4 Å². The summed E-state index contributed by atoms with van der Waals surface area (Å²) in [5, 5.41) is 0. The Morgan fingerprint density at radius 1 is 1.11 bits per heavy atom. The molecule has 2 aliphatic rings. The van der Waals surface area contributed by atoms with Gasteiger partial charge in [0.25, 0.3) is 0 Å². The number of aromatic nitrogens is 1. The molecule has 1 aromatic heterocycles. The number of hydrogen-bond acceptors (Lipinski definition) is 2. The number of hydrogen-bond donors (Lipinski definition) is 0. The lowest BCUT2D eigenvalue weighted by molar-refractivity contribution is -0.675. The van der Waals surface area contributed by atoms with Gasteiger partial charge in [0.15, 0.2) is 5.71 Å². The number of nitrogens with zero attached hydrogens (tertiary/aromatic N) is 2. The molecule has 0 saturated heterocycles. The Labute approximate surface area is 162 Å². The zero-order valence-corrected chi connectivity index (χ0v) is 16.4. The molecule has 4 nitrogen and oxygen atoms in total. The standard InChI is InChI=1S/C22H21F2N2O2/c1-12-10-14(3)25-19(12)18(16-6-8-17(9-7-16)21(27)28-5)20-13(2)11-15(4)26(20)22(25,23)24/h6-11H,1-5H3/q+1. The predicted molar refractivity (Wildman–Crippen MR) is 103 cm³/mol. The Bertz CT molecular complexity index is 1120. The minimum absolute atomic E-state index is 0.416. The van der Waals surface area contributed by atoms with E-state index in [9.17, 15) is 4.79 Å². The molecule has 144 valence electrons. The third-order valence-electron chi connectivity index (χ3n) is 5.36. The van der Waals surface area contributed by atoms with Gasteiger partial charge in [0.1, 0.15) is 0 Å². The molecular weight excluding hydrogens is 362 g/mol. The van der Waals surface area contributed by atoms with Crippen LogP contribution in [0.4, 0.5) is 8.78 Å². The number of halogens is 2. The van der Waals surface area contributed by atoms with Crippen LogP contribution in [0.15, 0.2) is 47.7 Å². The summed E-state index contributed by atoms with van der Waals surface area (Å²) in [6.07, 6.45) is -1.42. The van der Waals surface area contributed by atoms with Crippen molar-refractivity contribution in [1.29, 1.82) is 0 Å². The van der Waals surface area contributed by atoms with Gasteiger partial charge in [-0.2, -0.15) is 0 Å². The second kappa shape index (κ2) is 5.99. The van der Waals surface area contributed by atoms with Gasteiger partial charge in [-0.1, -0.05) is 12.1 Å². The highest BCUT2D eigenvalue weighted by Crippen LogP contribution is 2.47. The molecule has 0 N–H and O–H groups in total. The first kappa shape index (κ1) is 18.3. The van der Waals surface area contributed by atoms with Gasteiger partial charge < -0.3 is 4.74 Å². The van der Waals surface area contributed by atoms with Crippen molar-refractivity contribution in [2.45, 2.75) is 33.9 Å². The van der Waals surface area contributed by atoms with Gasteiger partial charge in [-0.05, 0) is 50.1 Å². The molecule has 1 aromatic carbocycles. The number of ether oxygens (including phenoxy) is 1. The number of allylic oxidation sites excluding steroid dienone is 2. The molecule has 6 heteroatoms. The Balaban J connectivity index is 2.05. The van der Waals surface area contributed by atoms with Gasteiger partial charge in [-0.25, -0.2) is 9.36 Å². The van der Waals surface area contributed by atoms with Crippen molar-refractivity contribution >= 4 is 17.3 Å². The summed E-state index contributed by atoms with van der Waals surface area (Å²) >= 11 is 0. The number of carbonyl (C=O) groups is 1. The van der Waals surface area contributed by atoms with Crippen molar-refractivity contribution in [2.24, 2.45) is 0 Å². The summed E-state index contributed by atoms with van der Waals surface area (Å²) in [6.45, 7) is 7.08. The first-order chi connectivity index (χ1) is 13.2. The van der Waals surface area contributed by atoms with Crippen LogP contribution in [0.25, 0.3) is 5.57 Å². The Morgan fingerprint density at radius 2 is 1.75 bits per heavy atom. The molecular formula is C22H21F2N2O2+. The van der Waals surface area contributed by atoms with Crippen molar-refractivity contribution in [2.75, 3.05) is 7.11 Å². The number of rotatable bonds is 2. The monoisotopic (exact) mass is 383 g/mol. The summed E-state index contributed by atoms with van der Waals surface area (Å²) in [6, 6.07) is 8.66. The maximum absolute atomic E-state index is 15.5. The molecule has 0 unspecified atom stereocenters. The number of alkyl halides is 2. The van der Waals surface area contributed by atoms with Crippen LogP contribution in [-0.4, -0.2) is 27.9 Å². The molecule has 28 heavy (non-hydrogen) atoms. The smallest absolute Gasteiger partial charge is 0.465 e. The summed E-state index contributed by atoms with van der Waals surface area (Å²) in [7, 11) is 1.33. The normalized spacial score (nSPS) is 17.5. The quantitative estimate of drug-likeness (QED) is 0.431. The minimum atomic E-state index is -3.20. The molecule has 0 aliphatic carbocycles. The van der Waals surface area contributed by atoms with Crippen LogP contribution in [0, 0.1) is 13.8 Å². The van der Waals surface area contributed by atoms with Crippen LogP contribution in [-0.2, 0) is 10.9 Å². The molecule has 0 spiro atoms. The SMILES string of the molecule is COC(=O)c1ccc(C2=C3C(C)=CC(C)=[N+]3C(F)(F)n3c(C)cc(C)c32)cc1. The first-order valence-electron chi connectivity index (χ1n) is 9.01. The van der Waals surface area contributed by atoms with E-state index < -0.39 is 12.1 Å². The number of aryl methyl sites for hydroxylation is 2. The van der Waals surface area contributed by atoms with E-state index in [2.05, 4.69) is 0 Å². The fraction of sp³-hybridized carbons (Fsp3) is 0.273. The lowest BCUT2D eigenvalue weighted by Crippen LogP contribution is -2.42. The van der Waals surface area contributed by atoms with E-state index in [4.69, 9.17) is 4.74 Å². The van der Waals surface area contributed by atoms with Gasteiger partial charge in [0, 0.05) is 24.3 Å². The van der Waals surface area contributed by atoms with E-state index in [-0.39, 0.29) is 0 Å². The molecule has 4 rings (SSSR count). The average Bonchev–Trinajstić information content (AvgIpc) is 3.12. The molecule has 2 aromatic rings. The number of carbonyl (C=O) groups excluding carboxylic acids is 1. The van der Waals surface area contributed by atoms with E-state index >= 15 is 8.78 Å². The Kier molecular flexibility index (Phi) is 3.93. The summed E-state index contributed by atoms with van der Waals surface area (Å²) in [4.78, 5) is 11.8. The molecule has 0 saturated carbocycles. The third kappa shape index (κ3) is 2.33. The third-order valence-corrected chi connectivity index (χ3v) is 5.36. The second-order valence-electron chi connectivity index (χ2n) is 7.26. The summed E-state index contributed by atoms with van der Waals surface area (Å²) < 4.78 is 37.9. The number of methoxy groups -OCH3 is 1. The van der Waals surface area contributed by atoms with E-state index in [0.717, 1.165) is 31.4 Å². The predicted octanol–water partition coefficient (Wildman–Crippen LogP) is 4.60. The molecule has 0 bridgehead atoms. The largest absolute Gasteiger partial charge is 0.565 e. The maximum Gasteiger partial charge on any atom is 0.565 e. The summed E-state index contributed by atoms with van der Waals surface area (Å²) in [5.41, 5.74) is 5.49.